The molecule has 6 nitrogen and oxygen atoms in total. The summed E-state index contributed by atoms with van der Waals surface area (Å²) < 4.78 is 29.6. The zero-order valence-corrected chi connectivity index (χ0v) is 13.3. The molecule has 2 rings (SSSR count). The van der Waals surface area contributed by atoms with Crippen molar-refractivity contribution >= 4 is 27.3 Å². The average molecular weight is 328 g/mol. The molecule has 0 aliphatic heterocycles. The van der Waals surface area contributed by atoms with Gasteiger partial charge in [-0.3, -0.25) is 4.79 Å². The molecule has 0 saturated carbocycles. The monoisotopic (exact) mass is 328 g/mol. The first kappa shape index (κ1) is 15.7. The summed E-state index contributed by atoms with van der Waals surface area (Å²) in [4.78, 5) is 13.0. The highest BCUT2D eigenvalue weighted by Gasteiger charge is 2.12. The Morgan fingerprint density at radius 2 is 2.05 bits per heavy atom. The zero-order chi connectivity index (χ0) is 15.5. The van der Waals surface area contributed by atoms with E-state index in [1.807, 2.05) is 18.4 Å². The van der Waals surface area contributed by atoms with Gasteiger partial charge in [-0.05, 0) is 36.1 Å². The maximum absolute atomic E-state index is 11.9. The van der Waals surface area contributed by atoms with E-state index in [1.54, 1.807) is 17.4 Å². The molecular weight excluding hydrogens is 312 g/mol. The lowest BCUT2D eigenvalue weighted by molar-refractivity contribution is 0.0921. The van der Waals surface area contributed by atoms with Crippen LogP contribution in [0.3, 0.4) is 0 Å². The molecule has 0 aliphatic rings. The maximum atomic E-state index is 11.9. The first-order chi connectivity index (χ1) is 9.85. The number of aryl methyl sites for hydroxylation is 1. The second-order valence-electron chi connectivity index (χ2n) is 4.57. The fourth-order valence-electron chi connectivity index (χ4n) is 1.63. The van der Waals surface area contributed by atoms with E-state index < -0.39 is 10.0 Å². The first-order valence-corrected chi connectivity index (χ1v) is 8.97. The standard InChI is InChI=1S/C13H16N2O4S2/c1-9-5-6-20-12(9)8-14-13(16)11-4-3-10(19-11)7-15-21(2,17)18/h3-6,15H,7-8H2,1-2H3,(H,14,16). The van der Waals surface area contributed by atoms with E-state index in [2.05, 4.69) is 10.0 Å². The van der Waals surface area contributed by atoms with Gasteiger partial charge in [-0.15, -0.1) is 11.3 Å². The number of carbonyl (C=O) groups is 1. The number of thiophene rings is 1. The molecule has 0 fully saturated rings. The van der Waals surface area contributed by atoms with Gasteiger partial charge in [0.15, 0.2) is 5.76 Å². The van der Waals surface area contributed by atoms with Crippen LogP contribution in [0.25, 0.3) is 0 Å². The van der Waals surface area contributed by atoms with Crippen molar-refractivity contribution in [3.05, 3.63) is 45.5 Å². The fraction of sp³-hybridized carbons (Fsp3) is 0.308. The van der Waals surface area contributed by atoms with Gasteiger partial charge in [0.25, 0.3) is 5.91 Å². The number of hydrogen-bond acceptors (Lipinski definition) is 5. The molecular formula is C13H16N2O4S2. The third-order valence-electron chi connectivity index (χ3n) is 2.77. The van der Waals surface area contributed by atoms with Crippen LogP contribution in [0.4, 0.5) is 0 Å². The average Bonchev–Trinajstić information content (AvgIpc) is 3.02. The third kappa shape index (κ3) is 4.69. The number of amides is 1. The van der Waals surface area contributed by atoms with Gasteiger partial charge in [0.05, 0.1) is 19.3 Å². The molecule has 0 spiro atoms. The third-order valence-corrected chi connectivity index (χ3v) is 4.46. The minimum Gasteiger partial charge on any atom is -0.455 e. The van der Waals surface area contributed by atoms with E-state index in [0.717, 1.165) is 16.7 Å². The summed E-state index contributed by atoms with van der Waals surface area (Å²) in [6.07, 6.45) is 1.06. The number of rotatable bonds is 6. The van der Waals surface area contributed by atoms with Gasteiger partial charge in [0, 0.05) is 4.88 Å². The number of nitrogens with one attached hydrogen (secondary N) is 2. The first-order valence-electron chi connectivity index (χ1n) is 6.19. The van der Waals surface area contributed by atoms with Gasteiger partial charge in [0.2, 0.25) is 10.0 Å². The molecule has 1 amide bonds. The van der Waals surface area contributed by atoms with Crippen molar-refractivity contribution in [1.29, 1.82) is 0 Å². The zero-order valence-electron chi connectivity index (χ0n) is 11.7. The highest BCUT2D eigenvalue weighted by Crippen LogP contribution is 2.15. The van der Waals surface area contributed by atoms with Crippen molar-refractivity contribution < 1.29 is 17.6 Å². The number of sulfonamides is 1. The molecule has 0 radical (unpaired) electrons. The smallest absolute Gasteiger partial charge is 0.287 e. The minimum atomic E-state index is -3.29. The molecule has 0 bridgehead atoms. The Balaban J connectivity index is 1.91. The second-order valence-corrected chi connectivity index (χ2v) is 7.40. The van der Waals surface area contributed by atoms with Gasteiger partial charge in [-0.25, -0.2) is 13.1 Å². The summed E-state index contributed by atoms with van der Waals surface area (Å²) in [5.41, 5.74) is 1.14. The van der Waals surface area contributed by atoms with Crippen LogP contribution >= 0.6 is 11.3 Å². The Hall–Kier alpha value is -1.64. The highest BCUT2D eigenvalue weighted by molar-refractivity contribution is 7.88. The van der Waals surface area contributed by atoms with Crippen molar-refractivity contribution in [1.82, 2.24) is 10.0 Å². The molecule has 2 N–H and O–H groups in total. The summed E-state index contributed by atoms with van der Waals surface area (Å²) in [6, 6.07) is 5.09. The van der Waals surface area contributed by atoms with Gasteiger partial charge in [-0.1, -0.05) is 0 Å². The molecule has 114 valence electrons. The van der Waals surface area contributed by atoms with Crippen LogP contribution in [0.2, 0.25) is 0 Å². The highest BCUT2D eigenvalue weighted by atomic mass is 32.2. The molecule has 2 aromatic heterocycles. The Bertz CT molecular complexity index is 731. The van der Waals surface area contributed by atoms with E-state index in [4.69, 9.17) is 4.42 Å². The van der Waals surface area contributed by atoms with Crippen molar-refractivity contribution in [2.45, 2.75) is 20.0 Å². The number of carbonyl (C=O) groups excluding carboxylic acids is 1. The Labute approximate surface area is 127 Å². The SMILES string of the molecule is Cc1ccsc1CNC(=O)c1ccc(CNS(C)(=O)=O)o1. The van der Waals surface area contributed by atoms with Gasteiger partial charge >= 0.3 is 0 Å². The molecule has 2 heterocycles. The molecule has 0 saturated heterocycles. The van der Waals surface area contributed by atoms with Gasteiger partial charge in [-0.2, -0.15) is 0 Å². The van der Waals surface area contributed by atoms with Crippen LogP contribution in [0.15, 0.2) is 28.0 Å². The Kier molecular flexibility index (Phi) is 4.81. The fourth-order valence-corrected chi connectivity index (χ4v) is 2.88. The van der Waals surface area contributed by atoms with Crippen molar-refractivity contribution in [2.24, 2.45) is 0 Å². The number of hydrogen-bond donors (Lipinski definition) is 2. The van der Waals surface area contributed by atoms with Gasteiger partial charge in [0.1, 0.15) is 5.76 Å². The lowest BCUT2D eigenvalue weighted by Gasteiger charge is -2.02. The van der Waals surface area contributed by atoms with Crippen molar-refractivity contribution in [3.8, 4) is 0 Å². The summed E-state index contributed by atoms with van der Waals surface area (Å²) in [5, 5.41) is 4.74. The molecule has 0 aromatic carbocycles. The quantitative estimate of drug-likeness (QED) is 0.843. The van der Waals surface area contributed by atoms with Crippen molar-refractivity contribution in [2.75, 3.05) is 6.26 Å². The van der Waals surface area contributed by atoms with E-state index in [-0.39, 0.29) is 18.2 Å². The van der Waals surface area contributed by atoms with E-state index >= 15 is 0 Å². The summed E-state index contributed by atoms with van der Waals surface area (Å²) in [5.74, 6) is 0.223. The van der Waals surface area contributed by atoms with E-state index in [9.17, 15) is 13.2 Å². The van der Waals surface area contributed by atoms with E-state index in [0.29, 0.717) is 12.3 Å². The minimum absolute atomic E-state index is 0.0240. The molecule has 0 aliphatic carbocycles. The maximum Gasteiger partial charge on any atom is 0.287 e. The predicted octanol–water partition coefficient (Wildman–Crippen LogP) is 1.63. The summed E-state index contributed by atoms with van der Waals surface area (Å²) >= 11 is 1.58. The molecule has 2 aromatic rings. The van der Waals surface area contributed by atoms with Crippen LogP contribution in [0.5, 0.6) is 0 Å². The summed E-state index contributed by atoms with van der Waals surface area (Å²) in [7, 11) is -3.29. The predicted molar refractivity (Wildman–Crippen MR) is 80.6 cm³/mol. The van der Waals surface area contributed by atoms with Crippen molar-refractivity contribution in [3.63, 3.8) is 0 Å². The molecule has 8 heteroatoms. The van der Waals surface area contributed by atoms with E-state index in [1.165, 1.54) is 6.07 Å². The Morgan fingerprint density at radius 3 is 2.67 bits per heavy atom. The second kappa shape index (κ2) is 6.42. The van der Waals surface area contributed by atoms with Crippen LogP contribution in [0.1, 0.15) is 26.8 Å². The van der Waals surface area contributed by atoms with Crippen LogP contribution < -0.4 is 10.0 Å². The largest absolute Gasteiger partial charge is 0.455 e. The van der Waals surface area contributed by atoms with Gasteiger partial charge < -0.3 is 9.73 Å². The van der Waals surface area contributed by atoms with Crippen LogP contribution in [-0.4, -0.2) is 20.6 Å². The lowest BCUT2D eigenvalue weighted by atomic mass is 10.3. The number of furan rings is 1. The normalized spacial score (nSPS) is 11.5. The molecule has 0 unspecified atom stereocenters. The Morgan fingerprint density at radius 1 is 1.29 bits per heavy atom. The summed E-state index contributed by atoms with van der Waals surface area (Å²) in [6.45, 7) is 2.45. The molecule has 21 heavy (non-hydrogen) atoms. The topological polar surface area (TPSA) is 88.4 Å². The lowest BCUT2D eigenvalue weighted by Crippen LogP contribution is -2.22. The molecule has 0 atom stereocenters. The van der Waals surface area contributed by atoms with Crippen LogP contribution in [-0.2, 0) is 23.1 Å². The van der Waals surface area contributed by atoms with Crippen LogP contribution in [0, 0.1) is 6.92 Å².